The van der Waals surface area contributed by atoms with E-state index in [9.17, 15) is 0 Å². The zero-order valence-electron chi connectivity index (χ0n) is 15.4. The molecule has 0 spiro atoms. The Labute approximate surface area is 159 Å². The molecule has 5 nitrogen and oxygen atoms in total. The van der Waals surface area contributed by atoms with Crippen LogP contribution in [0.4, 0.5) is 0 Å². The molecule has 142 valence electrons. The van der Waals surface area contributed by atoms with E-state index in [1.54, 1.807) is 0 Å². The van der Waals surface area contributed by atoms with E-state index < -0.39 is 5.60 Å². The summed E-state index contributed by atoms with van der Waals surface area (Å²) in [5.41, 5.74) is 2.83. The molecule has 2 heterocycles. The number of rotatable bonds is 8. The van der Waals surface area contributed by atoms with Crippen molar-refractivity contribution in [1.82, 2.24) is 0 Å². The van der Waals surface area contributed by atoms with Gasteiger partial charge in [-0.1, -0.05) is 65.8 Å². The third-order valence-corrected chi connectivity index (χ3v) is 5.03. The standard InChI is InChI=1S/C22H25NO4/c1-3-7-18(8-4-1)12-24-16-22(11-20-14-27-23-21(20)15-26-22)17-25-13-19-9-5-2-6-10-19/h1-10,20H,11-17H2. The van der Waals surface area contributed by atoms with E-state index >= 15 is 0 Å². The Morgan fingerprint density at radius 3 is 2.07 bits per heavy atom. The molecule has 2 aliphatic rings. The molecule has 0 aromatic heterocycles. The first-order valence-corrected chi connectivity index (χ1v) is 9.39. The van der Waals surface area contributed by atoms with Gasteiger partial charge in [-0.2, -0.15) is 0 Å². The molecule has 1 atom stereocenters. The Kier molecular flexibility index (Phi) is 5.82. The summed E-state index contributed by atoms with van der Waals surface area (Å²) in [5, 5.41) is 4.09. The highest BCUT2D eigenvalue weighted by Crippen LogP contribution is 2.32. The van der Waals surface area contributed by atoms with Crippen LogP contribution in [0.5, 0.6) is 0 Å². The van der Waals surface area contributed by atoms with Gasteiger partial charge >= 0.3 is 0 Å². The zero-order valence-corrected chi connectivity index (χ0v) is 15.4. The molecule has 1 unspecified atom stereocenters. The van der Waals surface area contributed by atoms with Crippen molar-refractivity contribution in [3.63, 3.8) is 0 Å². The molecule has 27 heavy (non-hydrogen) atoms. The van der Waals surface area contributed by atoms with E-state index in [0.717, 1.165) is 23.3 Å². The number of ether oxygens (including phenoxy) is 3. The SMILES string of the molecule is c1ccc(COCC2(COCc3ccccc3)CC3CON=C3CO2)cc1. The van der Waals surface area contributed by atoms with E-state index in [0.29, 0.717) is 45.6 Å². The second kappa shape index (κ2) is 8.65. The maximum absolute atomic E-state index is 6.19. The fraction of sp³-hybridized carbons (Fsp3) is 0.409. The predicted octanol–water partition coefficient (Wildman–Crippen LogP) is 3.58. The maximum Gasteiger partial charge on any atom is 0.125 e. The molecule has 0 bridgehead atoms. The lowest BCUT2D eigenvalue weighted by Crippen LogP contribution is -2.50. The minimum atomic E-state index is -0.471. The van der Waals surface area contributed by atoms with E-state index in [2.05, 4.69) is 29.4 Å². The smallest absolute Gasteiger partial charge is 0.125 e. The second-order valence-electron chi connectivity index (χ2n) is 7.21. The molecule has 2 aromatic carbocycles. The van der Waals surface area contributed by atoms with Crippen LogP contribution in [0.1, 0.15) is 17.5 Å². The van der Waals surface area contributed by atoms with Crippen LogP contribution < -0.4 is 0 Å². The molecule has 0 N–H and O–H groups in total. The summed E-state index contributed by atoms with van der Waals surface area (Å²) in [6.07, 6.45) is 0.801. The van der Waals surface area contributed by atoms with Crippen molar-refractivity contribution in [2.24, 2.45) is 11.1 Å². The summed E-state index contributed by atoms with van der Waals surface area (Å²) in [5.74, 6) is 0.291. The van der Waals surface area contributed by atoms with Gasteiger partial charge in [-0.15, -0.1) is 0 Å². The summed E-state index contributed by atoms with van der Waals surface area (Å²) in [6, 6.07) is 20.4. The molecule has 2 aromatic rings. The summed E-state index contributed by atoms with van der Waals surface area (Å²) in [4.78, 5) is 5.26. The van der Waals surface area contributed by atoms with Crippen molar-refractivity contribution in [3.05, 3.63) is 71.8 Å². The first-order valence-electron chi connectivity index (χ1n) is 9.39. The van der Waals surface area contributed by atoms with Crippen LogP contribution in [0.3, 0.4) is 0 Å². The third kappa shape index (κ3) is 4.75. The van der Waals surface area contributed by atoms with Gasteiger partial charge in [0, 0.05) is 5.92 Å². The first-order chi connectivity index (χ1) is 13.3. The zero-order chi connectivity index (χ0) is 18.4. The molecule has 0 amide bonds. The fourth-order valence-electron chi connectivity index (χ4n) is 3.54. The first kappa shape index (κ1) is 18.2. The topological polar surface area (TPSA) is 49.3 Å². The molecule has 1 fully saturated rings. The predicted molar refractivity (Wildman–Crippen MR) is 102 cm³/mol. The molecule has 2 aliphatic heterocycles. The molecule has 5 heteroatoms. The van der Waals surface area contributed by atoms with Gasteiger partial charge in [0.1, 0.15) is 12.2 Å². The highest BCUT2D eigenvalue weighted by Gasteiger charge is 2.43. The van der Waals surface area contributed by atoms with E-state index in [4.69, 9.17) is 19.0 Å². The lowest BCUT2D eigenvalue weighted by atomic mass is 9.86. The minimum absolute atomic E-state index is 0.291. The highest BCUT2D eigenvalue weighted by molar-refractivity contribution is 5.89. The van der Waals surface area contributed by atoms with Crippen molar-refractivity contribution >= 4 is 5.71 Å². The summed E-state index contributed by atoms with van der Waals surface area (Å²) in [6.45, 7) is 3.20. The van der Waals surface area contributed by atoms with Crippen LogP contribution in [0, 0.1) is 5.92 Å². The van der Waals surface area contributed by atoms with Gasteiger partial charge in [-0.25, -0.2) is 0 Å². The summed E-state index contributed by atoms with van der Waals surface area (Å²) >= 11 is 0. The number of hydrogen-bond acceptors (Lipinski definition) is 5. The largest absolute Gasteiger partial charge is 0.395 e. The van der Waals surface area contributed by atoms with Crippen molar-refractivity contribution in [2.75, 3.05) is 26.4 Å². The Morgan fingerprint density at radius 2 is 1.48 bits per heavy atom. The van der Waals surface area contributed by atoms with Crippen molar-refractivity contribution in [3.8, 4) is 0 Å². The quantitative estimate of drug-likeness (QED) is 0.716. The van der Waals surface area contributed by atoms with Gasteiger partial charge in [0.25, 0.3) is 0 Å². The molecular weight excluding hydrogens is 342 g/mol. The van der Waals surface area contributed by atoms with Crippen LogP contribution in [0.25, 0.3) is 0 Å². The van der Waals surface area contributed by atoms with E-state index in [-0.39, 0.29) is 0 Å². The highest BCUT2D eigenvalue weighted by atomic mass is 16.6. The lowest BCUT2D eigenvalue weighted by Gasteiger charge is -2.39. The Balaban J connectivity index is 1.36. The molecule has 1 saturated heterocycles. The number of fused-ring (bicyclic) bond motifs is 1. The number of nitrogens with zero attached hydrogens (tertiary/aromatic N) is 1. The molecule has 0 aliphatic carbocycles. The van der Waals surface area contributed by atoms with Crippen molar-refractivity contribution in [2.45, 2.75) is 25.2 Å². The van der Waals surface area contributed by atoms with E-state index in [1.165, 1.54) is 0 Å². The number of hydrogen-bond donors (Lipinski definition) is 0. The van der Waals surface area contributed by atoms with Crippen LogP contribution in [-0.2, 0) is 32.3 Å². The summed E-state index contributed by atoms with van der Waals surface area (Å²) in [7, 11) is 0. The van der Waals surface area contributed by atoms with Crippen LogP contribution in [0.15, 0.2) is 65.8 Å². The van der Waals surface area contributed by atoms with Gasteiger partial charge in [-0.05, 0) is 17.5 Å². The molecule has 4 rings (SSSR count). The van der Waals surface area contributed by atoms with Gasteiger partial charge in [0.05, 0.1) is 38.7 Å². The molecule has 0 radical (unpaired) electrons. The normalized spacial score (nSPS) is 20.6. The minimum Gasteiger partial charge on any atom is -0.395 e. The van der Waals surface area contributed by atoms with Gasteiger partial charge in [-0.3, -0.25) is 0 Å². The van der Waals surface area contributed by atoms with Gasteiger partial charge in [0.15, 0.2) is 0 Å². The average Bonchev–Trinajstić information content (AvgIpc) is 3.17. The van der Waals surface area contributed by atoms with Crippen molar-refractivity contribution < 1.29 is 19.0 Å². The lowest BCUT2D eigenvalue weighted by molar-refractivity contribution is -0.148. The number of benzene rings is 2. The third-order valence-electron chi connectivity index (χ3n) is 5.03. The fourth-order valence-corrected chi connectivity index (χ4v) is 3.54. The Morgan fingerprint density at radius 1 is 0.889 bits per heavy atom. The monoisotopic (exact) mass is 367 g/mol. The van der Waals surface area contributed by atoms with E-state index in [1.807, 2.05) is 36.4 Å². The average molecular weight is 367 g/mol. The maximum atomic E-state index is 6.19. The Hall–Kier alpha value is -2.21. The molecular formula is C22H25NO4. The molecule has 0 saturated carbocycles. The van der Waals surface area contributed by atoms with Crippen molar-refractivity contribution in [1.29, 1.82) is 0 Å². The van der Waals surface area contributed by atoms with Crippen LogP contribution in [0.2, 0.25) is 0 Å². The summed E-state index contributed by atoms with van der Waals surface area (Å²) < 4.78 is 18.3. The van der Waals surface area contributed by atoms with Crippen LogP contribution >= 0.6 is 0 Å². The Bertz CT molecular complexity index is 702. The van der Waals surface area contributed by atoms with Crippen LogP contribution in [-0.4, -0.2) is 37.7 Å². The second-order valence-corrected chi connectivity index (χ2v) is 7.21. The van der Waals surface area contributed by atoms with Gasteiger partial charge < -0.3 is 19.0 Å². The number of oxime groups is 1. The van der Waals surface area contributed by atoms with Gasteiger partial charge in [0.2, 0.25) is 0 Å².